The topological polar surface area (TPSA) is 97.4 Å². The highest BCUT2D eigenvalue weighted by Gasteiger charge is 2.51. The molecule has 1 atom stereocenters. The molecule has 3 aromatic rings. The first-order valence-electron chi connectivity index (χ1n) is 11.7. The van der Waals surface area contributed by atoms with Crippen LogP contribution in [0, 0.1) is 11.6 Å². The van der Waals surface area contributed by atoms with Crippen molar-refractivity contribution in [2.45, 2.75) is 37.5 Å². The third-order valence-electron chi connectivity index (χ3n) is 6.39. The van der Waals surface area contributed by atoms with Crippen LogP contribution in [0.4, 0.5) is 22.0 Å². The van der Waals surface area contributed by atoms with Crippen LogP contribution in [0.2, 0.25) is 0 Å². The number of carbonyl (C=O) groups is 3. The summed E-state index contributed by atoms with van der Waals surface area (Å²) in [6, 6.07) is 7.57. The SMILES string of the molecule is COC(=O)c1c(F)cccc1-c1ccc([C@@H](C)NC(=O)C2(NC(=O)c3cncc(C(F)(F)F)c3)CC2)c(F)c1. The van der Waals surface area contributed by atoms with Gasteiger partial charge in [0.15, 0.2) is 0 Å². The van der Waals surface area contributed by atoms with Gasteiger partial charge in [0, 0.05) is 18.0 Å². The van der Waals surface area contributed by atoms with Crippen LogP contribution >= 0.6 is 0 Å². The first-order chi connectivity index (χ1) is 18.4. The molecule has 12 heteroatoms. The third kappa shape index (κ3) is 5.74. The molecule has 0 unspecified atom stereocenters. The molecule has 1 aliphatic rings. The quantitative estimate of drug-likeness (QED) is 0.322. The molecular formula is C27H22F5N3O4. The van der Waals surface area contributed by atoms with Gasteiger partial charge in [-0.3, -0.25) is 14.6 Å². The Morgan fingerprint density at radius 2 is 1.74 bits per heavy atom. The first-order valence-corrected chi connectivity index (χ1v) is 11.7. The lowest BCUT2D eigenvalue weighted by atomic mass is 9.96. The summed E-state index contributed by atoms with van der Waals surface area (Å²) in [7, 11) is 1.10. The normalized spacial score (nSPS) is 14.7. The molecule has 0 aliphatic heterocycles. The van der Waals surface area contributed by atoms with E-state index < -0.39 is 52.7 Å². The number of pyridine rings is 1. The Labute approximate surface area is 219 Å². The maximum absolute atomic E-state index is 15.1. The molecule has 204 valence electrons. The van der Waals surface area contributed by atoms with E-state index in [1.54, 1.807) is 0 Å². The van der Waals surface area contributed by atoms with Crippen LogP contribution in [0.3, 0.4) is 0 Å². The minimum absolute atomic E-state index is 0.0762. The fourth-order valence-electron chi connectivity index (χ4n) is 4.08. The van der Waals surface area contributed by atoms with Gasteiger partial charge in [-0.15, -0.1) is 0 Å². The monoisotopic (exact) mass is 547 g/mol. The summed E-state index contributed by atoms with van der Waals surface area (Å²) in [6.45, 7) is 1.51. The summed E-state index contributed by atoms with van der Waals surface area (Å²) in [5, 5.41) is 5.08. The van der Waals surface area contributed by atoms with E-state index in [1.165, 1.54) is 31.2 Å². The van der Waals surface area contributed by atoms with Gasteiger partial charge < -0.3 is 15.4 Å². The zero-order valence-electron chi connectivity index (χ0n) is 20.7. The molecule has 4 rings (SSSR count). The average Bonchev–Trinajstić information content (AvgIpc) is 3.68. The van der Waals surface area contributed by atoms with E-state index >= 15 is 4.39 Å². The van der Waals surface area contributed by atoms with Crippen molar-refractivity contribution < 1.29 is 41.1 Å². The van der Waals surface area contributed by atoms with Gasteiger partial charge in [-0.1, -0.05) is 24.3 Å². The molecule has 2 N–H and O–H groups in total. The molecule has 1 heterocycles. The van der Waals surface area contributed by atoms with Crippen LogP contribution in [0.25, 0.3) is 11.1 Å². The van der Waals surface area contributed by atoms with Crippen molar-refractivity contribution in [2.24, 2.45) is 0 Å². The summed E-state index contributed by atoms with van der Waals surface area (Å²) < 4.78 is 72.9. The lowest BCUT2D eigenvalue weighted by molar-refractivity contribution is -0.137. The standard InChI is InChI=1S/C27H22F5N3O4/c1-14(18-7-6-15(11-21(18)29)19-4-3-5-20(28)22(19)24(37)39-2)34-25(38)26(8-9-26)35-23(36)16-10-17(13-33-12-16)27(30,31)32/h3-7,10-14H,8-9H2,1-2H3,(H,34,38)(H,35,36)/t14-/m1/s1. The molecule has 7 nitrogen and oxygen atoms in total. The minimum Gasteiger partial charge on any atom is -0.465 e. The highest BCUT2D eigenvalue weighted by atomic mass is 19.4. The molecule has 1 aliphatic carbocycles. The summed E-state index contributed by atoms with van der Waals surface area (Å²) in [4.78, 5) is 41.0. The fraction of sp³-hybridized carbons (Fsp3) is 0.259. The van der Waals surface area contributed by atoms with Crippen molar-refractivity contribution in [3.63, 3.8) is 0 Å². The van der Waals surface area contributed by atoms with Crippen molar-refractivity contribution >= 4 is 17.8 Å². The van der Waals surface area contributed by atoms with Crippen molar-refractivity contribution in [2.75, 3.05) is 7.11 Å². The lowest BCUT2D eigenvalue weighted by Crippen LogP contribution is -2.49. The van der Waals surface area contributed by atoms with Gasteiger partial charge >= 0.3 is 12.1 Å². The minimum atomic E-state index is -4.69. The molecule has 1 aromatic heterocycles. The second-order valence-corrected chi connectivity index (χ2v) is 9.08. The summed E-state index contributed by atoms with van der Waals surface area (Å²) in [5.41, 5.74) is -2.77. The van der Waals surface area contributed by atoms with Crippen molar-refractivity contribution in [3.05, 3.63) is 88.7 Å². The van der Waals surface area contributed by atoms with Gasteiger partial charge in [-0.2, -0.15) is 13.2 Å². The number of nitrogens with zero attached hydrogens (tertiary/aromatic N) is 1. The summed E-state index contributed by atoms with van der Waals surface area (Å²) in [5.74, 6) is -4.04. The molecule has 39 heavy (non-hydrogen) atoms. The van der Waals surface area contributed by atoms with Gasteiger partial charge in [0.1, 0.15) is 22.7 Å². The maximum atomic E-state index is 15.1. The number of methoxy groups -OCH3 is 1. The summed E-state index contributed by atoms with van der Waals surface area (Å²) >= 11 is 0. The van der Waals surface area contributed by atoms with Crippen LogP contribution in [-0.2, 0) is 15.7 Å². The van der Waals surface area contributed by atoms with E-state index in [0.717, 1.165) is 25.4 Å². The number of esters is 1. The summed E-state index contributed by atoms with van der Waals surface area (Å²) in [6.07, 6.45) is -2.67. The zero-order valence-corrected chi connectivity index (χ0v) is 20.7. The molecular weight excluding hydrogens is 525 g/mol. The molecule has 0 saturated heterocycles. The highest BCUT2D eigenvalue weighted by molar-refractivity contribution is 6.01. The van der Waals surface area contributed by atoms with Gasteiger partial charge in [0.2, 0.25) is 5.91 Å². The Balaban J connectivity index is 1.49. The van der Waals surface area contributed by atoms with E-state index in [0.29, 0.717) is 12.3 Å². The van der Waals surface area contributed by atoms with Crippen molar-refractivity contribution in [1.29, 1.82) is 0 Å². The Kier molecular flexibility index (Phi) is 7.40. The van der Waals surface area contributed by atoms with Crippen LogP contribution in [0.5, 0.6) is 0 Å². The second-order valence-electron chi connectivity index (χ2n) is 9.08. The number of benzene rings is 2. The average molecular weight is 547 g/mol. The smallest absolute Gasteiger partial charge is 0.417 e. The largest absolute Gasteiger partial charge is 0.465 e. The molecule has 0 radical (unpaired) electrons. The molecule has 0 spiro atoms. The molecule has 2 aromatic carbocycles. The fourth-order valence-corrected chi connectivity index (χ4v) is 4.08. The molecule has 0 bridgehead atoms. The number of hydrogen-bond acceptors (Lipinski definition) is 5. The zero-order chi connectivity index (χ0) is 28.5. The first kappa shape index (κ1) is 27.7. The number of alkyl halides is 3. The van der Waals surface area contributed by atoms with Crippen LogP contribution in [0.1, 0.15) is 57.7 Å². The maximum Gasteiger partial charge on any atom is 0.417 e. The molecule has 2 amide bonds. The van der Waals surface area contributed by atoms with Crippen molar-refractivity contribution in [3.8, 4) is 11.1 Å². The Morgan fingerprint density at radius 3 is 2.36 bits per heavy atom. The van der Waals surface area contributed by atoms with Crippen LogP contribution < -0.4 is 10.6 Å². The Bertz CT molecular complexity index is 1450. The van der Waals surface area contributed by atoms with Crippen molar-refractivity contribution in [1.82, 2.24) is 15.6 Å². The van der Waals surface area contributed by atoms with Gasteiger partial charge in [0.25, 0.3) is 5.91 Å². The van der Waals surface area contributed by atoms with Gasteiger partial charge in [-0.25, -0.2) is 13.6 Å². The second kappa shape index (κ2) is 10.4. The Hall–Kier alpha value is -4.35. The predicted molar refractivity (Wildman–Crippen MR) is 128 cm³/mol. The van der Waals surface area contributed by atoms with E-state index in [1.807, 2.05) is 0 Å². The number of carbonyl (C=O) groups excluding carboxylic acids is 3. The van der Waals surface area contributed by atoms with Gasteiger partial charge in [-0.05, 0) is 49.1 Å². The molecule has 1 saturated carbocycles. The highest BCUT2D eigenvalue weighted by Crippen LogP contribution is 2.37. The van der Waals surface area contributed by atoms with E-state index in [-0.39, 0.29) is 40.7 Å². The van der Waals surface area contributed by atoms with Crippen LogP contribution in [0.15, 0.2) is 54.9 Å². The predicted octanol–water partition coefficient (Wildman–Crippen LogP) is 4.97. The number of aromatic nitrogens is 1. The molecule has 1 fully saturated rings. The number of ether oxygens (including phenoxy) is 1. The Morgan fingerprint density at radius 1 is 1.03 bits per heavy atom. The number of nitrogens with one attached hydrogen (secondary N) is 2. The number of amides is 2. The van der Waals surface area contributed by atoms with Gasteiger partial charge in [0.05, 0.1) is 24.3 Å². The van der Waals surface area contributed by atoms with E-state index in [9.17, 15) is 31.9 Å². The third-order valence-corrected chi connectivity index (χ3v) is 6.39. The van der Waals surface area contributed by atoms with E-state index in [4.69, 9.17) is 0 Å². The van der Waals surface area contributed by atoms with Crippen LogP contribution in [-0.4, -0.2) is 35.4 Å². The number of halogens is 5. The lowest BCUT2D eigenvalue weighted by Gasteiger charge is -2.22. The number of rotatable bonds is 7. The van der Waals surface area contributed by atoms with E-state index in [2.05, 4.69) is 20.4 Å². The number of hydrogen-bond donors (Lipinski definition) is 2.